The Labute approximate surface area is 249 Å². The van der Waals surface area contributed by atoms with E-state index in [2.05, 4.69) is 25.8 Å². The number of para-hydroxylation sites is 2. The summed E-state index contributed by atoms with van der Waals surface area (Å²) in [6.45, 7) is 4.31. The first-order chi connectivity index (χ1) is 20.9. The molecular formula is C31H35N9O3. The maximum absolute atomic E-state index is 14.1. The van der Waals surface area contributed by atoms with Crippen LogP contribution in [0.5, 0.6) is 0 Å². The Bertz CT molecular complexity index is 1620. The molecule has 1 fully saturated rings. The number of hydrogen-bond donors (Lipinski definition) is 2. The SMILES string of the molecule is Cc1nc2ccccc2nc1CN1CCN2C(=O)[C@H](Cc3ccccc3)NC(=O)CCCn3cc(nn3)CNC(=O)[C@H]2C1. The van der Waals surface area contributed by atoms with Gasteiger partial charge in [0.25, 0.3) is 0 Å². The molecule has 0 unspecified atom stereocenters. The lowest BCUT2D eigenvalue weighted by atomic mass is 10.0. The molecule has 43 heavy (non-hydrogen) atoms. The Morgan fingerprint density at radius 2 is 1.70 bits per heavy atom. The highest BCUT2D eigenvalue weighted by atomic mass is 16.2. The molecule has 4 heterocycles. The van der Waals surface area contributed by atoms with Crippen LogP contribution in [0, 0.1) is 6.92 Å². The molecule has 2 aliphatic heterocycles. The summed E-state index contributed by atoms with van der Waals surface area (Å²) in [6, 6.07) is 15.8. The number of aryl methyl sites for hydroxylation is 2. The molecule has 2 N–H and O–H groups in total. The summed E-state index contributed by atoms with van der Waals surface area (Å²) >= 11 is 0. The van der Waals surface area contributed by atoms with Crippen molar-refractivity contribution in [1.29, 1.82) is 0 Å². The van der Waals surface area contributed by atoms with Crippen LogP contribution in [0.25, 0.3) is 11.0 Å². The fourth-order valence-corrected chi connectivity index (χ4v) is 5.70. The van der Waals surface area contributed by atoms with E-state index in [9.17, 15) is 14.4 Å². The van der Waals surface area contributed by atoms with Crippen molar-refractivity contribution in [2.24, 2.45) is 0 Å². The van der Waals surface area contributed by atoms with E-state index in [4.69, 9.17) is 9.97 Å². The molecule has 12 nitrogen and oxygen atoms in total. The highest BCUT2D eigenvalue weighted by Gasteiger charge is 2.38. The highest BCUT2D eigenvalue weighted by molar-refractivity contribution is 5.92. The second kappa shape index (κ2) is 12.7. The summed E-state index contributed by atoms with van der Waals surface area (Å²) in [5.74, 6) is -0.763. The van der Waals surface area contributed by atoms with Crippen LogP contribution in [-0.2, 0) is 40.4 Å². The Morgan fingerprint density at radius 3 is 2.51 bits per heavy atom. The summed E-state index contributed by atoms with van der Waals surface area (Å²) < 4.78 is 1.67. The van der Waals surface area contributed by atoms with Gasteiger partial charge in [0.2, 0.25) is 17.7 Å². The molecule has 12 heteroatoms. The van der Waals surface area contributed by atoms with Crippen LogP contribution in [0.15, 0.2) is 60.8 Å². The van der Waals surface area contributed by atoms with Gasteiger partial charge in [0, 0.05) is 45.6 Å². The van der Waals surface area contributed by atoms with Crippen LogP contribution in [0.2, 0.25) is 0 Å². The average molecular weight is 582 g/mol. The third-order valence-corrected chi connectivity index (χ3v) is 8.00. The van der Waals surface area contributed by atoms with Gasteiger partial charge in [-0.2, -0.15) is 0 Å². The average Bonchev–Trinajstić information content (AvgIpc) is 3.47. The first-order valence-corrected chi connectivity index (χ1v) is 14.7. The third kappa shape index (κ3) is 6.69. The first-order valence-electron chi connectivity index (χ1n) is 14.7. The van der Waals surface area contributed by atoms with Crippen molar-refractivity contribution in [2.75, 3.05) is 19.6 Å². The van der Waals surface area contributed by atoms with Crippen LogP contribution in [-0.4, -0.2) is 84.2 Å². The zero-order valence-electron chi connectivity index (χ0n) is 24.1. The molecule has 222 valence electrons. The number of nitrogens with one attached hydrogen (secondary N) is 2. The zero-order chi connectivity index (χ0) is 29.8. The van der Waals surface area contributed by atoms with Gasteiger partial charge in [-0.3, -0.25) is 24.0 Å². The summed E-state index contributed by atoms with van der Waals surface area (Å²) in [7, 11) is 0. The predicted molar refractivity (Wildman–Crippen MR) is 158 cm³/mol. The largest absolute Gasteiger partial charge is 0.348 e. The smallest absolute Gasteiger partial charge is 0.246 e. The first kappa shape index (κ1) is 28.4. The highest BCUT2D eigenvalue weighted by Crippen LogP contribution is 2.19. The monoisotopic (exact) mass is 581 g/mol. The van der Waals surface area contributed by atoms with Gasteiger partial charge in [-0.1, -0.05) is 47.7 Å². The van der Waals surface area contributed by atoms with Gasteiger partial charge in [0.15, 0.2) is 0 Å². The van der Waals surface area contributed by atoms with Crippen LogP contribution in [0.4, 0.5) is 0 Å². The molecule has 1 saturated heterocycles. The summed E-state index contributed by atoms with van der Waals surface area (Å²) in [5, 5.41) is 14.2. The molecular weight excluding hydrogens is 546 g/mol. The van der Waals surface area contributed by atoms with E-state index in [1.807, 2.05) is 61.5 Å². The van der Waals surface area contributed by atoms with E-state index in [-0.39, 0.29) is 30.7 Å². The fourth-order valence-electron chi connectivity index (χ4n) is 5.70. The lowest BCUT2D eigenvalue weighted by Gasteiger charge is -2.42. The van der Waals surface area contributed by atoms with E-state index in [0.29, 0.717) is 51.3 Å². The minimum atomic E-state index is -0.798. The van der Waals surface area contributed by atoms with Crippen molar-refractivity contribution in [3.63, 3.8) is 0 Å². The molecule has 0 spiro atoms. The number of carbonyl (C=O) groups excluding carboxylic acids is 3. The molecule has 2 aliphatic rings. The molecule has 0 radical (unpaired) electrons. The topological polar surface area (TPSA) is 138 Å². The number of amides is 3. The number of carbonyl (C=O) groups is 3. The Balaban J connectivity index is 1.27. The summed E-state index contributed by atoms with van der Waals surface area (Å²) in [6.07, 6.45) is 2.89. The maximum Gasteiger partial charge on any atom is 0.246 e. The van der Waals surface area contributed by atoms with Gasteiger partial charge in [0.05, 0.1) is 35.2 Å². The lowest BCUT2D eigenvalue weighted by molar-refractivity contribution is -0.146. The Kier molecular flexibility index (Phi) is 8.36. The van der Waals surface area contributed by atoms with Crippen molar-refractivity contribution in [3.05, 3.63) is 83.4 Å². The second-order valence-electron chi connectivity index (χ2n) is 11.1. The minimum absolute atomic E-state index is 0.192. The van der Waals surface area contributed by atoms with Gasteiger partial charge in [-0.25, -0.2) is 9.97 Å². The zero-order valence-corrected chi connectivity index (χ0v) is 24.1. The van der Waals surface area contributed by atoms with Crippen molar-refractivity contribution >= 4 is 28.8 Å². The van der Waals surface area contributed by atoms with E-state index in [1.54, 1.807) is 15.8 Å². The van der Waals surface area contributed by atoms with Crippen molar-refractivity contribution < 1.29 is 14.4 Å². The maximum atomic E-state index is 14.1. The van der Waals surface area contributed by atoms with Gasteiger partial charge >= 0.3 is 0 Å². The molecule has 0 aliphatic carbocycles. The quantitative estimate of drug-likeness (QED) is 0.369. The van der Waals surface area contributed by atoms with E-state index in [1.165, 1.54) is 0 Å². The van der Waals surface area contributed by atoms with E-state index >= 15 is 0 Å². The standard InChI is InChI=1S/C31H35N9O3/c1-21-27(34-25-11-6-5-10-24(25)33-21)19-38-14-15-40-28(20-38)30(42)32-17-23-18-39(37-36-23)13-7-12-29(41)35-26(31(40)43)16-22-8-3-2-4-9-22/h2-6,8-11,18,26,28H,7,12-17,19-20H2,1H3,(H,32,42)(H,35,41)/t26-,28+/m0/s1. The Morgan fingerprint density at radius 1 is 0.930 bits per heavy atom. The number of piperazine rings is 1. The van der Waals surface area contributed by atoms with E-state index in [0.717, 1.165) is 28.0 Å². The normalized spacial score (nSPS) is 20.6. The Hall–Kier alpha value is -4.71. The molecule has 0 saturated carbocycles. The van der Waals surface area contributed by atoms with Gasteiger partial charge in [-0.15, -0.1) is 5.10 Å². The van der Waals surface area contributed by atoms with Gasteiger partial charge in [-0.05, 0) is 31.0 Å². The lowest BCUT2D eigenvalue weighted by Crippen LogP contribution is -2.63. The molecule has 4 aromatic rings. The number of benzene rings is 2. The molecule has 2 bridgehead atoms. The number of aromatic nitrogens is 5. The third-order valence-electron chi connectivity index (χ3n) is 8.00. The number of hydrogen-bond acceptors (Lipinski definition) is 8. The van der Waals surface area contributed by atoms with Gasteiger partial charge in [0.1, 0.15) is 17.8 Å². The summed E-state index contributed by atoms with van der Waals surface area (Å²) in [5.41, 5.74) is 4.86. The number of nitrogens with zero attached hydrogens (tertiary/aromatic N) is 7. The van der Waals surface area contributed by atoms with Crippen LogP contribution in [0.1, 0.15) is 35.5 Å². The predicted octanol–water partition coefficient (Wildman–Crippen LogP) is 1.38. The van der Waals surface area contributed by atoms with E-state index < -0.39 is 12.1 Å². The van der Waals surface area contributed by atoms with Crippen molar-refractivity contribution in [2.45, 2.75) is 57.9 Å². The molecule has 6 rings (SSSR count). The fraction of sp³-hybridized carbons (Fsp3) is 0.387. The van der Waals surface area contributed by atoms with Crippen LogP contribution < -0.4 is 10.6 Å². The van der Waals surface area contributed by atoms with Crippen LogP contribution >= 0.6 is 0 Å². The molecule has 2 aromatic carbocycles. The molecule has 2 atom stereocenters. The van der Waals surface area contributed by atoms with Crippen LogP contribution in [0.3, 0.4) is 0 Å². The van der Waals surface area contributed by atoms with Crippen molar-refractivity contribution in [1.82, 2.24) is 45.4 Å². The van der Waals surface area contributed by atoms with Crippen molar-refractivity contribution in [3.8, 4) is 0 Å². The summed E-state index contributed by atoms with van der Waals surface area (Å²) in [4.78, 5) is 54.2. The molecule has 3 amide bonds. The second-order valence-corrected chi connectivity index (χ2v) is 11.1. The number of rotatable bonds is 4. The number of fused-ring (bicyclic) bond motifs is 4. The minimum Gasteiger partial charge on any atom is -0.348 e. The molecule has 2 aromatic heterocycles. The van der Waals surface area contributed by atoms with Gasteiger partial charge < -0.3 is 15.5 Å².